The average Bonchev–Trinajstić information content (AvgIpc) is 2.83. The van der Waals surface area contributed by atoms with Gasteiger partial charge in [-0.25, -0.2) is 13.4 Å². The van der Waals surface area contributed by atoms with Crippen molar-refractivity contribution in [3.8, 4) is 0 Å². The second-order valence-electron chi connectivity index (χ2n) is 8.67. The molecule has 1 aromatic carbocycles. The highest BCUT2D eigenvalue weighted by molar-refractivity contribution is 7.89. The molecule has 2 aromatic heterocycles. The van der Waals surface area contributed by atoms with Crippen LogP contribution in [-0.4, -0.2) is 41.2 Å². The second-order valence-corrected chi connectivity index (χ2v) is 11.0. The van der Waals surface area contributed by atoms with Crippen LogP contribution in [0.15, 0.2) is 58.4 Å². The Kier molecular flexibility index (Phi) is 7.06. The minimum atomic E-state index is -3.61. The van der Waals surface area contributed by atoms with Gasteiger partial charge in [-0.3, -0.25) is 14.0 Å². The van der Waals surface area contributed by atoms with Crippen LogP contribution in [0.25, 0.3) is 5.65 Å². The molecule has 0 spiro atoms. The first-order valence-electron chi connectivity index (χ1n) is 11.1. The van der Waals surface area contributed by atoms with E-state index in [0.717, 1.165) is 5.56 Å². The topological polar surface area (TPSA) is 98.0 Å². The van der Waals surface area contributed by atoms with Crippen LogP contribution in [-0.2, 0) is 26.2 Å². The molecule has 34 heavy (non-hydrogen) atoms. The minimum absolute atomic E-state index is 0.131. The van der Waals surface area contributed by atoms with Crippen molar-refractivity contribution < 1.29 is 17.9 Å². The molecule has 1 fully saturated rings. The number of hydrogen-bond acceptors (Lipinski definition) is 6. The van der Waals surface area contributed by atoms with Crippen LogP contribution in [0.3, 0.4) is 0 Å². The van der Waals surface area contributed by atoms with E-state index in [-0.39, 0.29) is 30.2 Å². The summed E-state index contributed by atoms with van der Waals surface area (Å²) < 4.78 is 34.1. The van der Waals surface area contributed by atoms with E-state index in [1.807, 2.05) is 12.1 Å². The molecular weight excluding hydrogens is 478 g/mol. The fourth-order valence-electron chi connectivity index (χ4n) is 3.97. The molecule has 0 amide bonds. The Balaban J connectivity index is 1.35. The molecule has 1 aliphatic rings. The first-order chi connectivity index (χ1) is 16.1. The predicted octanol–water partition coefficient (Wildman–Crippen LogP) is 3.62. The summed E-state index contributed by atoms with van der Waals surface area (Å²) in [6.07, 6.45) is 2.21. The van der Waals surface area contributed by atoms with E-state index in [2.05, 4.69) is 18.8 Å². The first-order valence-corrected chi connectivity index (χ1v) is 12.9. The highest BCUT2D eigenvalue weighted by Gasteiger charge is 2.33. The number of fused-ring (bicyclic) bond motifs is 1. The fraction of sp³-hybridized carbons (Fsp3) is 0.375. The molecule has 10 heteroatoms. The quantitative estimate of drug-likeness (QED) is 0.476. The second kappa shape index (κ2) is 9.85. The summed E-state index contributed by atoms with van der Waals surface area (Å²) in [5, 5.41) is 0.413. The maximum absolute atomic E-state index is 13.0. The van der Waals surface area contributed by atoms with Gasteiger partial charge in [0.15, 0.2) is 0 Å². The number of piperidine rings is 1. The fourth-order valence-corrected chi connectivity index (χ4v) is 5.60. The van der Waals surface area contributed by atoms with Crippen LogP contribution in [0.1, 0.15) is 43.9 Å². The maximum Gasteiger partial charge on any atom is 0.309 e. The van der Waals surface area contributed by atoms with Crippen molar-refractivity contribution in [3.63, 3.8) is 0 Å². The number of esters is 1. The molecule has 8 nitrogen and oxygen atoms in total. The van der Waals surface area contributed by atoms with Crippen LogP contribution >= 0.6 is 11.6 Å². The lowest BCUT2D eigenvalue weighted by Crippen LogP contribution is -2.40. The lowest BCUT2D eigenvalue weighted by atomic mass is 9.98. The van der Waals surface area contributed by atoms with Gasteiger partial charge in [0.05, 0.1) is 21.5 Å². The zero-order valence-electron chi connectivity index (χ0n) is 19.0. The van der Waals surface area contributed by atoms with Crippen LogP contribution < -0.4 is 5.56 Å². The summed E-state index contributed by atoms with van der Waals surface area (Å²) >= 11 is 5.91. The van der Waals surface area contributed by atoms with Gasteiger partial charge in [-0.2, -0.15) is 4.31 Å². The number of ether oxygens (including phenoxy) is 1. The maximum atomic E-state index is 13.0. The van der Waals surface area contributed by atoms with E-state index in [0.29, 0.717) is 35.1 Å². The minimum Gasteiger partial charge on any atom is -0.459 e. The van der Waals surface area contributed by atoms with Gasteiger partial charge in [-0.15, -0.1) is 0 Å². The lowest BCUT2D eigenvalue weighted by Gasteiger charge is -2.30. The molecule has 0 radical (unpaired) electrons. The van der Waals surface area contributed by atoms with Crippen molar-refractivity contribution in [2.24, 2.45) is 5.92 Å². The smallest absolute Gasteiger partial charge is 0.309 e. The summed E-state index contributed by atoms with van der Waals surface area (Å²) in [6.45, 7) is 4.46. The molecule has 180 valence electrons. The number of sulfonamides is 1. The van der Waals surface area contributed by atoms with Gasteiger partial charge < -0.3 is 4.74 Å². The third-order valence-electron chi connectivity index (χ3n) is 6.01. The van der Waals surface area contributed by atoms with E-state index < -0.39 is 21.9 Å². The van der Waals surface area contributed by atoms with Gasteiger partial charge in [-0.1, -0.05) is 37.6 Å². The first kappa shape index (κ1) is 24.4. The predicted molar refractivity (Wildman–Crippen MR) is 128 cm³/mol. The van der Waals surface area contributed by atoms with Crippen molar-refractivity contribution >= 4 is 33.2 Å². The summed E-state index contributed by atoms with van der Waals surface area (Å²) in [4.78, 5) is 29.4. The Morgan fingerprint density at radius 1 is 1.15 bits per heavy atom. The van der Waals surface area contributed by atoms with Crippen LogP contribution in [0.4, 0.5) is 0 Å². The largest absolute Gasteiger partial charge is 0.459 e. The van der Waals surface area contributed by atoms with E-state index in [1.54, 1.807) is 24.3 Å². The summed E-state index contributed by atoms with van der Waals surface area (Å²) in [5.74, 6) is -0.507. The van der Waals surface area contributed by atoms with Crippen molar-refractivity contribution in [1.29, 1.82) is 0 Å². The monoisotopic (exact) mass is 503 g/mol. The Bertz CT molecular complexity index is 1360. The molecule has 1 aliphatic heterocycles. The number of hydrogen-bond donors (Lipinski definition) is 0. The number of carbonyl (C=O) groups is 1. The Labute approximate surface area is 203 Å². The average molecular weight is 504 g/mol. The third kappa shape index (κ3) is 5.16. The summed E-state index contributed by atoms with van der Waals surface area (Å²) in [5.41, 5.74) is 1.50. The lowest BCUT2D eigenvalue weighted by molar-refractivity contribution is -0.151. The zero-order chi connectivity index (χ0) is 24.5. The SMILES string of the molecule is CC(C)c1ccc(S(=O)(=O)N2CCC(C(=O)OCc3cc(=O)n4cc(Cl)ccc4n3)CC2)cc1. The highest BCUT2D eigenvalue weighted by Crippen LogP contribution is 2.26. The van der Waals surface area contributed by atoms with Crippen molar-refractivity contribution in [2.45, 2.75) is 44.1 Å². The van der Waals surface area contributed by atoms with Crippen molar-refractivity contribution in [1.82, 2.24) is 13.7 Å². The third-order valence-corrected chi connectivity index (χ3v) is 8.15. The molecule has 0 N–H and O–H groups in total. The number of carbonyl (C=O) groups excluding carboxylic acids is 1. The molecule has 3 heterocycles. The van der Waals surface area contributed by atoms with E-state index in [9.17, 15) is 18.0 Å². The van der Waals surface area contributed by atoms with E-state index in [4.69, 9.17) is 16.3 Å². The van der Waals surface area contributed by atoms with Gasteiger partial charge >= 0.3 is 5.97 Å². The van der Waals surface area contributed by atoms with Gasteiger partial charge in [-0.05, 0) is 48.6 Å². The van der Waals surface area contributed by atoms with Gasteiger partial charge in [0.2, 0.25) is 10.0 Å². The molecule has 0 atom stereocenters. The number of halogens is 1. The Morgan fingerprint density at radius 2 is 1.82 bits per heavy atom. The number of benzene rings is 1. The molecule has 0 aliphatic carbocycles. The number of aromatic nitrogens is 2. The molecule has 0 unspecified atom stereocenters. The molecule has 0 saturated carbocycles. The molecule has 3 aromatic rings. The van der Waals surface area contributed by atoms with Gasteiger partial charge in [0.25, 0.3) is 5.56 Å². The van der Waals surface area contributed by atoms with E-state index >= 15 is 0 Å². The van der Waals surface area contributed by atoms with Gasteiger partial charge in [0.1, 0.15) is 12.3 Å². The zero-order valence-corrected chi connectivity index (χ0v) is 20.6. The summed E-state index contributed by atoms with van der Waals surface area (Å²) in [6, 6.07) is 11.5. The van der Waals surface area contributed by atoms with Crippen LogP contribution in [0.5, 0.6) is 0 Å². The normalized spacial score (nSPS) is 15.6. The van der Waals surface area contributed by atoms with Crippen LogP contribution in [0, 0.1) is 5.92 Å². The number of pyridine rings is 1. The molecule has 1 saturated heterocycles. The Morgan fingerprint density at radius 3 is 2.47 bits per heavy atom. The van der Waals surface area contributed by atoms with E-state index in [1.165, 1.54) is 21.0 Å². The van der Waals surface area contributed by atoms with Crippen molar-refractivity contribution in [3.05, 3.63) is 75.3 Å². The van der Waals surface area contributed by atoms with Gasteiger partial charge in [0, 0.05) is 25.4 Å². The number of rotatable bonds is 6. The van der Waals surface area contributed by atoms with Crippen LogP contribution in [0.2, 0.25) is 5.02 Å². The standard InChI is InChI=1S/C24H26ClN3O5S/c1-16(2)17-3-6-21(7-4-17)34(31,32)27-11-9-18(10-12-27)24(30)33-15-20-13-23(29)28-14-19(25)5-8-22(28)26-20/h3-8,13-14,16,18H,9-12,15H2,1-2H3. The number of nitrogens with zero attached hydrogens (tertiary/aromatic N) is 3. The Hall–Kier alpha value is -2.75. The molecule has 4 rings (SSSR count). The molecular formula is C24H26ClN3O5S. The van der Waals surface area contributed by atoms with Crippen molar-refractivity contribution in [2.75, 3.05) is 13.1 Å². The molecule has 0 bridgehead atoms. The summed E-state index contributed by atoms with van der Waals surface area (Å²) in [7, 11) is -3.61. The highest BCUT2D eigenvalue weighted by atomic mass is 35.5.